The van der Waals surface area contributed by atoms with E-state index in [2.05, 4.69) is 15.4 Å². The number of unbranched alkanes of at least 4 members (excludes halogenated alkanes) is 1. The molecule has 15 heavy (non-hydrogen) atoms. The predicted octanol–water partition coefficient (Wildman–Crippen LogP) is -0.532. The molecule has 0 aliphatic heterocycles. The Labute approximate surface area is 91.7 Å². The molecule has 0 fully saturated rings. The van der Waals surface area contributed by atoms with Crippen LogP contribution in [0.1, 0.15) is 19.3 Å². The first-order chi connectivity index (χ1) is 7.31. The fourth-order valence-electron chi connectivity index (χ4n) is 1.14. The third kappa shape index (κ3) is 11.3. The number of methoxy groups -OCH3 is 1. The maximum atomic E-state index is 10.9. The molecule has 0 rings (SSSR count). The second-order valence-corrected chi connectivity index (χ2v) is 3.38. The molecule has 0 bridgehead atoms. The molecular formula is C10H23N3O2. The minimum atomic E-state index is -0.0550. The predicted molar refractivity (Wildman–Crippen MR) is 60.7 cm³/mol. The summed E-state index contributed by atoms with van der Waals surface area (Å²) in [5.74, 6) is -0.0550. The molecule has 0 unspecified atom stereocenters. The van der Waals surface area contributed by atoms with Crippen molar-refractivity contribution >= 4 is 5.91 Å². The van der Waals surface area contributed by atoms with E-state index in [1.54, 1.807) is 0 Å². The van der Waals surface area contributed by atoms with E-state index in [1.165, 1.54) is 7.11 Å². The zero-order valence-electron chi connectivity index (χ0n) is 9.55. The van der Waals surface area contributed by atoms with Crippen LogP contribution in [0.15, 0.2) is 0 Å². The van der Waals surface area contributed by atoms with Gasteiger partial charge < -0.3 is 21.1 Å². The van der Waals surface area contributed by atoms with Crippen LogP contribution < -0.4 is 16.4 Å². The van der Waals surface area contributed by atoms with E-state index in [4.69, 9.17) is 5.73 Å². The molecule has 0 spiro atoms. The van der Waals surface area contributed by atoms with Gasteiger partial charge in [0, 0.05) is 13.7 Å². The number of hydrogen-bond acceptors (Lipinski definition) is 4. The number of amides is 1. The van der Waals surface area contributed by atoms with Crippen LogP contribution in [0.25, 0.3) is 0 Å². The number of hydrogen-bond donors (Lipinski definition) is 3. The molecule has 5 heteroatoms. The quantitative estimate of drug-likeness (QED) is 0.430. The van der Waals surface area contributed by atoms with Crippen LogP contribution in [-0.4, -0.2) is 45.8 Å². The number of carbonyl (C=O) groups excluding carboxylic acids is 1. The molecule has 0 saturated heterocycles. The maximum absolute atomic E-state index is 10.9. The Balaban J connectivity index is 3.01. The summed E-state index contributed by atoms with van der Waals surface area (Å²) in [7, 11) is 1.51. The Morgan fingerprint density at radius 1 is 1.20 bits per heavy atom. The first-order valence-electron chi connectivity index (χ1n) is 5.47. The van der Waals surface area contributed by atoms with Crippen LogP contribution >= 0.6 is 0 Å². The van der Waals surface area contributed by atoms with Gasteiger partial charge >= 0.3 is 0 Å². The van der Waals surface area contributed by atoms with Crippen LogP contribution in [0.4, 0.5) is 0 Å². The van der Waals surface area contributed by atoms with Crippen LogP contribution in [0.5, 0.6) is 0 Å². The van der Waals surface area contributed by atoms with Gasteiger partial charge in [-0.15, -0.1) is 0 Å². The zero-order chi connectivity index (χ0) is 11.4. The highest BCUT2D eigenvalue weighted by molar-refractivity contribution is 5.77. The van der Waals surface area contributed by atoms with Gasteiger partial charge in [0.25, 0.3) is 0 Å². The average molecular weight is 217 g/mol. The molecule has 0 atom stereocenters. The van der Waals surface area contributed by atoms with Crippen molar-refractivity contribution in [3.05, 3.63) is 0 Å². The molecule has 0 saturated carbocycles. The monoisotopic (exact) mass is 217 g/mol. The van der Waals surface area contributed by atoms with Gasteiger partial charge in [-0.1, -0.05) is 0 Å². The third-order valence-corrected chi connectivity index (χ3v) is 1.94. The highest BCUT2D eigenvalue weighted by atomic mass is 16.5. The van der Waals surface area contributed by atoms with Crippen molar-refractivity contribution in [1.29, 1.82) is 0 Å². The second-order valence-electron chi connectivity index (χ2n) is 3.38. The summed E-state index contributed by atoms with van der Waals surface area (Å²) in [5, 5.41) is 6.05. The lowest BCUT2D eigenvalue weighted by molar-refractivity contribution is -0.124. The third-order valence-electron chi connectivity index (χ3n) is 1.94. The van der Waals surface area contributed by atoms with Crippen molar-refractivity contribution in [2.24, 2.45) is 5.73 Å². The minimum Gasteiger partial charge on any atom is -0.375 e. The van der Waals surface area contributed by atoms with Crippen molar-refractivity contribution in [3.63, 3.8) is 0 Å². The molecule has 0 radical (unpaired) electrons. The SMILES string of the molecule is COCC(=O)NCCCNCCCCN. The van der Waals surface area contributed by atoms with E-state index in [-0.39, 0.29) is 12.5 Å². The van der Waals surface area contributed by atoms with Gasteiger partial charge in [0.2, 0.25) is 5.91 Å². The minimum absolute atomic E-state index is 0.0550. The number of nitrogens with one attached hydrogen (secondary N) is 2. The van der Waals surface area contributed by atoms with E-state index in [9.17, 15) is 4.79 Å². The van der Waals surface area contributed by atoms with Crippen LogP contribution in [0.2, 0.25) is 0 Å². The molecule has 0 heterocycles. The van der Waals surface area contributed by atoms with E-state index in [0.29, 0.717) is 6.54 Å². The normalized spacial score (nSPS) is 10.3. The summed E-state index contributed by atoms with van der Waals surface area (Å²) < 4.78 is 4.69. The molecule has 1 amide bonds. The number of rotatable bonds is 10. The van der Waals surface area contributed by atoms with Gasteiger partial charge in [-0.25, -0.2) is 0 Å². The molecular weight excluding hydrogens is 194 g/mol. The first-order valence-corrected chi connectivity index (χ1v) is 5.47. The Morgan fingerprint density at radius 3 is 2.60 bits per heavy atom. The van der Waals surface area contributed by atoms with Crippen molar-refractivity contribution in [3.8, 4) is 0 Å². The standard InChI is InChI=1S/C10H23N3O2/c1-15-9-10(14)13-8-4-7-12-6-3-2-5-11/h12H,2-9,11H2,1H3,(H,13,14). The molecule has 0 aliphatic rings. The van der Waals surface area contributed by atoms with Crippen molar-refractivity contribution in [1.82, 2.24) is 10.6 Å². The second kappa shape index (κ2) is 11.4. The van der Waals surface area contributed by atoms with Crippen molar-refractivity contribution in [2.75, 3.05) is 39.9 Å². The molecule has 5 nitrogen and oxygen atoms in total. The molecule has 0 aromatic rings. The highest BCUT2D eigenvalue weighted by Gasteiger charge is 1.97. The average Bonchev–Trinajstić information content (AvgIpc) is 2.22. The smallest absolute Gasteiger partial charge is 0.245 e. The zero-order valence-corrected chi connectivity index (χ0v) is 9.55. The lowest BCUT2D eigenvalue weighted by Crippen LogP contribution is -2.30. The first kappa shape index (κ1) is 14.3. The van der Waals surface area contributed by atoms with Crippen molar-refractivity contribution in [2.45, 2.75) is 19.3 Å². The number of carbonyl (C=O) groups is 1. The van der Waals surface area contributed by atoms with Crippen LogP contribution in [-0.2, 0) is 9.53 Å². The van der Waals surface area contributed by atoms with Gasteiger partial charge in [-0.3, -0.25) is 4.79 Å². The largest absolute Gasteiger partial charge is 0.375 e. The lowest BCUT2D eigenvalue weighted by atomic mass is 10.3. The molecule has 0 aromatic heterocycles. The molecule has 4 N–H and O–H groups in total. The van der Waals surface area contributed by atoms with Gasteiger partial charge in [-0.05, 0) is 38.9 Å². The fraction of sp³-hybridized carbons (Fsp3) is 0.900. The van der Waals surface area contributed by atoms with Crippen LogP contribution in [0, 0.1) is 0 Å². The molecule has 90 valence electrons. The van der Waals surface area contributed by atoms with Gasteiger partial charge in [0.05, 0.1) is 0 Å². The summed E-state index contributed by atoms with van der Waals surface area (Å²) in [6, 6.07) is 0. The van der Waals surface area contributed by atoms with E-state index in [1.807, 2.05) is 0 Å². The van der Waals surface area contributed by atoms with Gasteiger partial charge in [0.15, 0.2) is 0 Å². The molecule has 0 aliphatic carbocycles. The Hall–Kier alpha value is -0.650. The van der Waals surface area contributed by atoms with Crippen molar-refractivity contribution < 1.29 is 9.53 Å². The summed E-state index contributed by atoms with van der Waals surface area (Å²) in [6.07, 6.45) is 3.13. The van der Waals surface area contributed by atoms with E-state index < -0.39 is 0 Å². The lowest BCUT2D eigenvalue weighted by Gasteiger charge is -2.05. The van der Waals surface area contributed by atoms with Crippen LogP contribution in [0.3, 0.4) is 0 Å². The van der Waals surface area contributed by atoms with Gasteiger partial charge in [0.1, 0.15) is 6.61 Å². The number of nitrogens with two attached hydrogens (primary N) is 1. The van der Waals surface area contributed by atoms with E-state index >= 15 is 0 Å². The Morgan fingerprint density at radius 2 is 1.93 bits per heavy atom. The van der Waals surface area contributed by atoms with Gasteiger partial charge in [-0.2, -0.15) is 0 Å². The fourth-order valence-corrected chi connectivity index (χ4v) is 1.14. The summed E-state index contributed by atoms with van der Waals surface area (Å²) in [6.45, 7) is 3.53. The summed E-state index contributed by atoms with van der Waals surface area (Å²) >= 11 is 0. The topological polar surface area (TPSA) is 76.4 Å². The number of ether oxygens (including phenoxy) is 1. The maximum Gasteiger partial charge on any atom is 0.245 e. The Bertz CT molecular complexity index is 154. The highest BCUT2D eigenvalue weighted by Crippen LogP contribution is 1.82. The molecule has 0 aromatic carbocycles. The summed E-state index contributed by atoms with van der Waals surface area (Å²) in [5.41, 5.74) is 5.37. The Kier molecular flexibility index (Phi) is 10.9. The summed E-state index contributed by atoms with van der Waals surface area (Å²) in [4.78, 5) is 10.9. The van der Waals surface area contributed by atoms with E-state index in [0.717, 1.165) is 38.9 Å².